The van der Waals surface area contributed by atoms with Crippen LogP contribution in [0.5, 0.6) is 0 Å². The largest absolute Gasteiger partial charge is 0.500 e. The molecule has 72 valence electrons. The fraction of sp³-hybridized carbons (Fsp3) is 0.200. The molecule has 0 aliphatic carbocycles. The van der Waals surface area contributed by atoms with E-state index in [2.05, 4.69) is 20.9 Å². The Balaban J connectivity index is 2.91. The third kappa shape index (κ3) is 2.86. The Morgan fingerprint density at radius 3 is 3.00 bits per heavy atom. The average Bonchev–Trinajstić information content (AvgIpc) is 2.21. The van der Waals surface area contributed by atoms with Gasteiger partial charge in [-0.2, -0.15) is 5.26 Å². The monoisotopic (exact) mass is 252 g/mol. The summed E-state index contributed by atoms with van der Waals surface area (Å²) >= 11 is 3.27. The number of allylic oxidation sites excluding steroid dienone is 1. The van der Waals surface area contributed by atoms with Crippen molar-refractivity contribution in [3.05, 3.63) is 34.8 Å². The zero-order valence-corrected chi connectivity index (χ0v) is 9.28. The maximum Gasteiger partial charge on any atom is 0.112 e. The van der Waals surface area contributed by atoms with Crippen molar-refractivity contribution in [2.24, 2.45) is 0 Å². The van der Waals surface area contributed by atoms with Crippen molar-refractivity contribution in [2.45, 2.75) is 6.92 Å². The van der Waals surface area contributed by atoms with Crippen molar-refractivity contribution < 1.29 is 4.74 Å². The van der Waals surface area contributed by atoms with Crippen LogP contribution >= 0.6 is 15.9 Å². The first kappa shape index (κ1) is 10.7. The summed E-state index contributed by atoms with van der Waals surface area (Å²) in [4.78, 5) is 4.08. The molecule has 1 aromatic rings. The predicted molar refractivity (Wildman–Crippen MR) is 57.2 cm³/mol. The Morgan fingerprint density at radius 1 is 1.71 bits per heavy atom. The Bertz CT molecular complexity index is 365. The van der Waals surface area contributed by atoms with Crippen molar-refractivity contribution >= 4 is 21.5 Å². The highest BCUT2D eigenvalue weighted by Crippen LogP contribution is 2.14. The van der Waals surface area contributed by atoms with E-state index in [1.54, 1.807) is 12.3 Å². The topological polar surface area (TPSA) is 45.9 Å². The second-order valence-electron chi connectivity index (χ2n) is 2.46. The van der Waals surface area contributed by atoms with Gasteiger partial charge in [0.1, 0.15) is 17.9 Å². The molecule has 1 rings (SSSR count). The number of hydrogen-bond acceptors (Lipinski definition) is 3. The third-order valence-corrected chi connectivity index (χ3v) is 1.96. The van der Waals surface area contributed by atoms with Gasteiger partial charge in [-0.25, -0.2) is 0 Å². The van der Waals surface area contributed by atoms with Crippen LogP contribution in [0.4, 0.5) is 0 Å². The summed E-state index contributed by atoms with van der Waals surface area (Å²) in [6.45, 7) is 2.40. The Morgan fingerprint density at radius 2 is 2.50 bits per heavy atom. The van der Waals surface area contributed by atoms with Crippen LogP contribution in [0.25, 0.3) is 5.57 Å². The van der Waals surface area contributed by atoms with Gasteiger partial charge in [-0.15, -0.1) is 0 Å². The Hall–Kier alpha value is -1.34. The van der Waals surface area contributed by atoms with Gasteiger partial charge in [0.25, 0.3) is 0 Å². The fourth-order valence-electron chi connectivity index (χ4n) is 0.846. The van der Waals surface area contributed by atoms with Crippen molar-refractivity contribution in [1.29, 1.82) is 5.26 Å². The average molecular weight is 253 g/mol. The Labute approximate surface area is 91.2 Å². The molecule has 0 saturated heterocycles. The first-order valence-electron chi connectivity index (χ1n) is 4.11. The van der Waals surface area contributed by atoms with Gasteiger partial charge in [0.15, 0.2) is 0 Å². The van der Waals surface area contributed by atoms with Gasteiger partial charge in [-0.3, -0.25) is 4.98 Å². The van der Waals surface area contributed by atoms with Crippen molar-refractivity contribution in [2.75, 3.05) is 6.61 Å². The minimum atomic E-state index is 0.430. The van der Waals surface area contributed by atoms with Crippen LogP contribution in [0.2, 0.25) is 0 Å². The number of nitriles is 1. The third-order valence-electron chi connectivity index (χ3n) is 1.49. The minimum absolute atomic E-state index is 0.430. The van der Waals surface area contributed by atoms with E-state index in [0.29, 0.717) is 17.9 Å². The summed E-state index contributed by atoms with van der Waals surface area (Å²) in [5, 5.41) is 8.83. The lowest BCUT2D eigenvalue weighted by Crippen LogP contribution is -1.88. The summed E-state index contributed by atoms with van der Waals surface area (Å²) in [5.41, 5.74) is 1.04. The summed E-state index contributed by atoms with van der Waals surface area (Å²) in [7, 11) is 0. The number of hydrogen-bond donors (Lipinski definition) is 0. The summed E-state index contributed by atoms with van der Waals surface area (Å²) in [6, 6.07) is 5.63. The molecule has 0 atom stereocenters. The number of nitrogens with zero attached hydrogens (tertiary/aromatic N) is 2. The number of ether oxygens (including phenoxy) is 1. The number of aromatic nitrogens is 1. The molecule has 0 aliphatic rings. The van der Waals surface area contributed by atoms with Crippen LogP contribution in [0.15, 0.2) is 29.1 Å². The van der Waals surface area contributed by atoms with Crippen molar-refractivity contribution in [1.82, 2.24) is 4.98 Å². The van der Waals surface area contributed by atoms with Crippen molar-refractivity contribution in [3.8, 4) is 6.07 Å². The molecule has 0 aromatic carbocycles. The van der Waals surface area contributed by atoms with Crippen LogP contribution in [0, 0.1) is 11.3 Å². The summed E-state index contributed by atoms with van der Waals surface area (Å²) < 4.78 is 5.92. The summed E-state index contributed by atoms with van der Waals surface area (Å²) in [5.74, 6) is 0. The van der Waals surface area contributed by atoms with Gasteiger partial charge in [0, 0.05) is 10.7 Å². The molecular formula is C10H9BrN2O. The maximum atomic E-state index is 8.83. The molecule has 0 radical (unpaired) electrons. The first-order chi connectivity index (χ1) is 6.77. The van der Waals surface area contributed by atoms with E-state index in [9.17, 15) is 0 Å². The molecule has 3 nitrogen and oxygen atoms in total. The molecule has 1 heterocycles. The quantitative estimate of drug-likeness (QED) is 0.614. The van der Waals surface area contributed by atoms with E-state index in [0.717, 1.165) is 4.47 Å². The van der Waals surface area contributed by atoms with E-state index in [1.807, 2.05) is 19.1 Å². The van der Waals surface area contributed by atoms with Gasteiger partial charge in [0.05, 0.1) is 12.3 Å². The van der Waals surface area contributed by atoms with E-state index >= 15 is 0 Å². The lowest BCUT2D eigenvalue weighted by atomic mass is 10.2. The smallest absolute Gasteiger partial charge is 0.112 e. The molecule has 4 heteroatoms. The number of halogens is 1. The predicted octanol–water partition coefficient (Wildman–Crippen LogP) is 2.75. The van der Waals surface area contributed by atoms with Crippen LogP contribution in [-0.2, 0) is 4.74 Å². The highest BCUT2D eigenvalue weighted by Gasteiger charge is 2.01. The number of pyridine rings is 1. The molecule has 0 amide bonds. The molecule has 0 fully saturated rings. The van der Waals surface area contributed by atoms with E-state index in [-0.39, 0.29) is 0 Å². The number of rotatable bonds is 3. The van der Waals surface area contributed by atoms with Gasteiger partial charge >= 0.3 is 0 Å². The highest BCUT2D eigenvalue weighted by molar-refractivity contribution is 9.10. The lowest BCUT2D eigenvalue weighted by molar-refractivity contribution is 0.271. The van der Waals surface area contributed by atoms with Crippen LogP contribution in [-0.4, -0.2) is 11.6 Å². The highest BCUT2D eigenvalue weighted by atomic mass is 79.9. The van der Waals surface area contributed by atoms with Crippen LogP contribution in [0.3, 0.4) is 0 Å². The molecule has 0 aliphatic heterocycles. The molecule has 0 bridgehead atoms. The first-order valence-corrected chi connectivity index (χ1v) is 4.91. The second kappa shape index (κ2) is 5.40. The van der Waals surface area contributed by atoms with E-state index in [1.165, 1.54) is 6.26 Å². The zero-order chi connectivity index (χ0) is 10.4. The van der Waals surface area contributed by atoms with Crippen LogP contribution < -0.4 is 0 Å². The Kier molecular flexibility index (Phi) is 4.14. The SMILES string of the molecule is CCOC=C(C#N)c1ccc(Br)cn1. The van der Waals surface area contributed by atoms with E-state index < -0.39 is 0 Å². The standard InChI is InChI=1S/C10H9BrN2O/c1-2-14-7-8(5-12)10-4-3-9(11)6-13-10/h3-4,6-7H,2H2,1H3. The molecular weight excluding hydrogens is 244 g/mol. The molecule has 0 N–H and O–H groups in total. The van der Waals surface area contributed by atoms with Crippen molar-refractivity contribution in [3.63, 3.8) is 0 Å². The van der Waals surface area contributed by atoms with Gasteiger partial charge in [0.2, 0.25) is 0 Å². The van der Waals surface area contributed by atoms with Crippen LogP contribution in [0.1, 0.15) is 12.6 Å². The lowest BCUT2D eigenvalue weighted by Gasteiger charge is -1.98. The van der Waals surface area contributed by atoms with Gasteiger partial charge < -0.3 is 4.74 Å². The molecule has 0 unspecified atom stereocenters. The second-order valence-corrected chi connectivity index (χ2v) is 3.38. The molecule has 0 saturated carbocycles. The van der Waals surface area contributed by atoms with Gasteiger partial charge in [-0.1, -0.05) is 0 Å². The maximum absolute atomic E-state index is 8.83. The summed E-state index contributed by atoms with van der Waals surface area (Å²) in [6.07, 6.45) is 3.07. The molecule has 0 spiro atoms. The molecule has 14 heavy (non-hydrogen) atoms. The zero-order valence-electron chi connectivity index (χ0n) is 7.70. The van der Waals surface area contributed by atoms with E-state index in [4.69, 9.17) is 10.00 Å². The minimum Gasteiger partial charge on any atom is -0.500 e. The van der Waals surface area contributed by atoms with Gasteiger partial charge in [-0.05, 0) is 35.0 Å². The molecule has 1 aromatic heterocycles. The normalized spacial score (nSPS) is 10.8. The fourth-order valence-corrected chi connectivity index (χ4v) is 1.08.